The molecule has 0 aliphatic carbocycles. The molecule has 0 fully saturated rings. The Kier molecular flexibility index (Phi) is 8.64. The van der Waals surface area contributed by atoms with Crippen LogP contribution in [0.5, 0.6) is 0 Å². The van der Waals surface area contributed by atoms with Gasteiger partial charge in [0, 0.05) is 24.9 Å². The fourth-order valence-electron chi connectivity index (χ4n) is 2.79. The van der Waals surface area contributed by atoms with Crippen LogP contribution in [0.2, 0.25) is 0 Å². The third kappa shape index (κ3) is 7.43. The summed E-state index contributed by atoms with van der Waals surface area (Å²) in [6, 6.07) is 10.1. The minimum atomic E-state index is -0.151. The van der Waals surface area contributed by atoms with Crippen molar-refractivity contribution < 1.29 is 9.59 Å². The summed E-state index contributed by atoms with van der Waals surface area (Å²) in [5.41, 5.74) is 1.60. The molecule has 0 unspecified atom stereocenters. The van der Waals surface area contributed by atoms with Crippen molar-refractivity contribution in [3.63, 3.8) is 0 Å². The molecule has 0 aliphatic rings. The topological polar surface area (TPSA) is 62.3 Å². The highest BCUT2D eigenvalue weighted by molar-refractivity contribution is 7.09. The summed E-state index contributed by atoms with van der Waals surface area (Å²) in [7, 11) is 0. The summed E-state index contributed by atoms with van der Waals surface area (Å²) < 4.78 is 0. The average Bonchev–Trinajstić information content (AvgIpc) is 3.12. The van der Waals surface area contributed by atoms with Crippen molar-refractivity contribution in [2.45, 2.75) is 47.1 Å². The van der Waals surface area contributed by atoms with Gasteiger partial charge in [-0.3, -0.25) is 9.59 Å². The van der Waals surface area contributed by atoms with Gasteiger partial charge in [0.1, 0.15) is 10.7 Å². The van der Waals surface area contributed by atoms with E-state index in [9.17, 15) is 9.59 Å². The van der Waals surface area contributed by atoms with Crippen LogP contribution in [0.3, 0.4) is 0 Å². The van der Waals surface area contributed by atoms with Crippen molar-refractivity contribution in [2.75, 3.05) is 13.1 Å². The molecular weight excluding hydrogens is 370 g/mol. The standard InChI is InChI=1S/C22H31N3O2S/c1-16(2)12-23-22(27)19-15-28-20(24-19)14-25(13-17(3)4)21(26)11-10-18-8-6-5-7-9-18/h5-9,15-17H,10-14H2,1-4H3,(H,23,27). The molecule has 0 spiro atoms. The average molecular weight is 402 g/mol. The zero-order chi connectivity index (χ0) is 20.5. The molecule has 2 aromatic rings. The highest BCUT2D eigenvalue weighted by Crippen LogP contribution is 2.15. The predicted octanol–water partition coefficient (Wildman–Crippen LogP) is 4.15. The van der Waals surface area contributed by atoms with Crippen LogP contribution < -0.4 is 5.32 Å². The first kappa shape index (κ1) is 22.1. The molecule has 2 rings (SSSR count). The van der Waals surface area contributed by atoms with Crippen molar-refractivity contribution in [3.8, 4) is 0 Å². The maximum Gasteiger partial charge on any atom is 0.270 e. The first-order chi connectivity index (χ1) is 13.3. The van der Waals surface area contributed by atoms with Gasteiger partial charge in [-0.25, -0.2) is 4.98 Å². The molecule has 0 bridgehead atoms. The number of benzene rings is 1. The lowest BCUT2D eigenvalue weighted by Crippen LogP contribution is -2.34. The van der Waals surface area contributed by atoms with Crippen LogP contribution in [-0.4, -0.2) is 34.8 Å². The number of amides is 2. The van der Waals surface area contributed by atoms with Gasteiger partial charge in [0.05, 0.1) is 6.54 Å². The Balaban J connectivity index is 1.97. The molecular formula is C22H31N3O2S. The molecule has 1 aromatic heterocycles. The van der Waals surface area contributed by atoms with Crippen LogP contribution in [0.4, 0.5) is 0 Å². The van der Waals surface area contributed by atoms with E-state index >= 15 is 0 Å². The summed E-state index contributed by atoms with van der Waals surface area (Å²) in [5.74, 6) is 0.737. The number of aromatic nitrogens is 1. The quantitative estimate of drug-likeness (QED) is 0.651. The van der Waals surface area contributed by atoms with Crippen molar-refractivity contribution in [1.82, 2.24) is 15.2 Å². The fraction of sp³-hybridized carbons (Fsp3) is 0.500. The molecule has 5 nitrogen and oxygen atoms in total. The van der Waals surface area contributed by atoms with E-state index < -0.39 is 0 Å². The Morgan fingerprint density at radius 2 is 1.82 bits per heavy atom. The van der Waals surface area contributed by atoms with Gasteiger partial charge in [0.25, 0.3) is 5.91 Å². The van der Waals surface area contributed by atoms with Crippen LogP contribution in [-0.2, 0) is 17.8 Å². The number of rotatable bonds is 10. The number of carbonyl (C=O) groups is 2. The van der Waals surface area contributed by atoms with E-state index in [1.807, 2.05) is 35.2 Å². The van der Waals surface area contributed by atoms with E-state index in [2.05, 4.69) is 38.0 Å². The Bertz CT molecular complexity index is 756. The second kappa shape index (κ2) is 11.0. The van der Waals surface area contributed by atoms with Gasteiger partial charge in [-0.15, -0.1) is 11.3 Å². The first-order valence-corrected chi connectivity index (χ1v) is 10.8. The number of aryl methyl sites for hydroxylation is 1. The lowest BCUT2D eigenvalue weighted by Gasteiger charge is -2.23. The monoisotopic (exact) mass is 401 g/mol. The van der Waals surface area contributed by atoms with Crippen molar-refractivity contribution in [3.05, 3.63) is 52.0 Å². The highest BCUT2D eigenvalue weighted by Gasteiger charge is 2.18. The molecule has 1 heterocycles. The number of nitrogens with one attached hydrogen (secondary N) is 1. The molecule has 1 N–H and O–H groups in total. The number of carbonyl (C=O) groups excluding carboxylic acids is 2. The van der Waals surface area contributed by atoms with E-state index in [0.717, 1.165) is 11.4 Å². The molecule has 0 atom stereocenters. The Morgan fingerprint density at radius 1 is 1.11 bits per heavy atom. The smallest absolute Gasteiger partial charge is 0.270 e. The minimum Gasteiger partial charge on any atom is -0.350 e. The molecule has 152 valence electrons. The zero-order valence-corrected chi connectivity index (χ0v) is 18.1. The Hall–Kier alpha value is -2.21. The molecule has 1 aromatic carbocycles. The molecule has 0 saturated heterocycles. The third-order valence-corrected chi connectivity index (χ3v) is 5.02. The summed E-state index contributed by atoms with van der Waals surface area (Å²) in [6.45, 7) is 10.1. The summed E-state index contributed by atoms with van der Waals surface area (Å²) >= 11 is 1.43. The van der Waals surface area contributed by atoms with Crippen LogP contribution in [0.1, 0.15) is 55.2 Å². The van der Waals surface area contributed by atoms with Crippen molar-refractivity contribution >= 4 is 23.2 Å². The van der Waals surface area contributed by atoms with Crippen LogP contribution in [0.15, 0.2) is 35.7 Å². The summed E-state index contributed by atoms with van der Waals surface area (Å²) in [4.78, 5) is 31.3. The maximum absolute atomic E-state index is 12.8. The van der Waals surface area contributed by atoms with Crippen LogP contribution in [0.25, 0.3) is 0 Å². The Morgan fingerprint density at radius 3 is 2.46 bits per heavy atom. The molecule has 0 aliphatic heterocycles. The highest BCUT2D eigenvalue weighted by atomic mass is 32.1. The minimum absolute atomic E-state index is 0.124. The molecule has 0 saturated carbocycles. The van der Waals surface area contributed by atoms with Gasteiger partial charge >= 0.3 is 0 Å². The second-order valence-electron chi connectivity index (χ2n) is 7.88. The third-order valence-electron chi connectivity index (χ3n) is 4.19. The van der Waals surface area contributed by atoms with Gasteiger partial charge in [-0.05, 0) is 23.8 Å². The SMILES string of the molecule is CC(C)CNC(=O)c1csc(CN(CC(C)C)C(=O)CCc2ccccc2)n1. The van der Waals surface area contributed by atoms with E-state index in [1.165, 1.54) is 16.9 Å². The van der Waals surface area contributed by atoms with Gasteiger partial charge < -0.3 is 10.2 Å². The van der Waals surface area contributed by atoms with Gasteiger partial charge in [-0.2, -0.15) is 0 Å². The largest absolute Gasteiger partial charge is 0.350 e. The fourth-order valence-corrected chi connectivity index (χ4v) is 3.58. The molecule has 2 amide bonds. The Labute approximate surface area is 172 Å². The van der Waals surface area contributed by atoms with E-state index in [-0.39, 0.29) is 11.8 Å². The number of nitrogens with zero attached hydrogens (tertiary/aromatic N) is 2. The number of thiazole rings is 1. The van der Waals surface area contributed by atoms with Crippen molar-refractivity contribution in [2.24, 2.45) is 11.8 Å². The maximum atomic E-state index is 12.8. The second-order valence-corrected chi connectivity index (χ2v) is 8.83. The summed E-state index contributed by atoms with van der Waals surface area (Å²) in [5, 5.41) is 5.45. The van der Waals surface area contributed by atoms with E-state index in [4.69, 9.17) is 0 Å². The van der Waals surface area contributed by atoms with E-state index in [0.29, 0.717) is 43.6 Å². The van der Waals surface area contributed by atoms with Gasteiger partial charge in [-0.1, -0.05) is 58.0 Å². The molecule has 0 radical (unpaired) electrons. The van der Waals surface area contributed by atoms with E-state index in [1.54, 1.807) is 5.38 Å². The lowest BCUT2D eigenvalue weighted by atomic mass is 10.1. The lowest BCUT2D eigenvalue weighted by molar-refractivity contribution is -0.132. The van der Waals surface area contributed by atoms with Crippen LogP contribution in [0, 0.1) is 11.8 Å². The van der Waals surface area contributed by atoms with Gasteiger partial charge in [0.15, 0.2) is 0 Å². The first-order valence-electron chi connectivity index (χ1n) is 9.89. The number of hydrogen-bond donors (Lipinski definition) is 1. The number of hydrogen-bond acceptors (Lipinski definition) is 4. The van der Waals surface area contributed by atoms with Crippen LogP contribution >= 0.6 is 11.3 Å². The summed E-state index contributed by atoms with van der Waals surface area (Å²) in [6.07, 6.45) is 1.21. The molecule has 28 heavy (non-hydrogen) atoms. The normalized spacial score (nSPS) is 11.1. The zero-order valence-electron chi connectivity index (χ0n) is 17.3. The van der Waals surface area contributed by atoms with Crippen molar-refractivity contribution in [1.29, 1.82) is 0 Å². The van der Waals surface area contributed by atoms with Gasteiger partial charge in [0.2, 0.25) is 5.91 Å². The predicted molar refractivity (Wildman–Crippen MR) is 114 cm³/mol. The molecule has 6 heteroatoms.